The number of alkyl halides is 6. The molecule has 2 unspecified atom stereocenters. The van der Waals surface area contributed by atoms with Gasteiger partial charge in [0.25, 0.3) is 5.91 Å². The maximum Gasteiger partial charge on any atom is 0.573 e. The van der Waals surface area contributed by atoms with Crippen molar-refractivity contribution in [2.45, 2.75) is 44.2 Å². The minimum absolute atomic E-state index is 0.0158. The van der Waals surface area contributed by atoms with Crippen molar-refractivity contribution in [2.24, 2.45) is 0 Å². The maximum absolute atomic E-state index is 13.1. The molecular formula is C15H12F6N2O4. The Hall–Kier alpha value is -2.50. The summed E-state index contributed by atoms with van der Waals surface area (Å²) >= 11 is 0. The van der Waals surface area contributed by atoms with Crippen LogP contribution < -0.4 is 10.1 Å². The number of aliphatic hydroxyl groups is 1. The summed E-state index contributed by atoms with van der Waals surface area (Å²) in [7, 11) is 0. The van der Waals surface area contributed by atoms with Crippen LogP contribution in [0.3, 0.4) is 0 Å². The third kappa shape index (κ3) is 3.80. The Morgan fingerprint density at radius 1 is 1.15 bits per heavy atom. The van der Waals surface area contributed by atoms with E-state index in [4.69, 9.17) is 0 Å². The molecule has 2 amide bonds. The Morgan fingerprint density at radius 3 is 2.37 bits per heavy atom. The Morgan fingerprint density at radius 2 is 1.81 bits per heavy atom. The number of aliphatic hydroxyl groups excluding tert-OH is 1. The van der Waals surface area contributed by atoms with Crippen LogP contribution in [0.15, 0.2) is 12.1 Å². The van der Waals surface area contributed by atoms with E-state index in [1.165, 1.54) is 0 Å². The minimum Gasteiger partial charge on any atom is -0.405 e. The zero-order chi connectivity index (χ0) is 20.1. The van der Waals surface area contributed by atoms with Crippen LogP contribution in [0.5, 0.6) is 5.75 Å². The highest BCUT2D eigenvalue weighted by Crippen LogP contribution is 2.42. The molecule has 1 saturated heterocycles. The fourth-order valence-corrected chi connectivity index (χ4v) is 3.16. The maximum atomic E-state index is 13.1. The molecule has 2 aliphatic rings. The van der Waals surface area contributed by atoms with Gasteiger partial charge in [0.2, 0.25) is 5.91 Å². The summed E-state index contributed by atoms with van der Waals surface area (Å²) in [5.41, 5.74) is -2.26. The van der Waals surface area contributed by atoms with Gasteiger partial charge in [-0.2, -0.15) is 13.2 Å². The molecule has 2 aliphatic heterocycles. The second-order valence-corrected chi connectivity index (χ2v) is 6.10. The van der Waals surface area contributed by atoms with E-state index in [1.54, 1.807) is 0 Å². The molecule has 12 heteroatoms. The van der Waals surface area contributed by atoms with Crippen molar-refractivity contribution in [2.75, 3.05) is 0 Å². The summed E-state index contributed by atoms with van der Waals surface area (Å²) in [6, 6.07) is -0.0759. The van der Waals surface area contributed by atoms with Crippen molar-refractivity contribution in [1.29, 1.82) is 0 Å². The normalized spacial score (nSPS) is 23.3. The lowest BCUT2D eigenvalue weighted by Crippen LogP contribution is -2.55. The van der Waals surface area contributed by atoms with Crippen molar-refractivity contribution in [3.05, 3.63) is 28.8 Å². The van der Waals surface area contributed by atoms with E-state index in [0.717, 1.165) is 4.90 Å². The molecule has 1 fully saturated rings. The third-order valence-electron chi connectivity index (χ3n) is 4.31. The number of nitrogens with zero attached hydrogens (tertiary/aromatic N) is 1. The number of carbonyl (C=O) groups is 2. The highest BCUT2D eigenvalue weighted by Gasteiger charge is 2.44. The lowest BCUT2D eigenvalue weighted by atomic mass is 10.0. The van der Waals surface area contributed by atoms with Crippen LogP contribution in [0.4, 0.5) is 26.3 Å². The molecule has 2 heterocycles. The molecule has 1 aromatic carbocycles. The average molecular weight is 398 g/mol. The van der Waals surface area contributed by atoms with Crippen molar-refractivity contribution >= 4 is 11.8 Å². The van der Waals surface area contributed by atoms with Gasteiger partial charge >= 0.3 is 12.5 Å². The molecule has 27 heavy (non-hydrogen) atoms. The summed E-state index contributed by atoms with van der Waals surface area (Å²) in [5.74, 6) is -2.79. The van der Waals surface area contributed by atoms with Gasteiger partial charge in [-0.15, -0.1) is 13.2 Å². The first-order chi connectivity index (χ1) is 12.4. The number of benzene rings is 1. The van der Waals surface area contributed by atoms with Gasteiger partial charge in [0.05, 0.1) is 11.6 Å². The van der Waals surface area contributed by atoms with Crippen LogP contribution in [0.25, 0.3) is 0 Å². The topological polar surface area (TPSA) is 78.9 Å². The number of hydrogen-bond donors (Lipinski definition) is 2. The number of halogens is 6. The molecule has 0 aromatic heterocycles. The molecule has 0 radical (unpaired) electrons. The van der Waals surface area contributed by atoms with E-state index in [2.05, 4.69) is 10.1 Å². The fraction of sp³-hybridized carbons (Fsp3) is 0.467. The van der Waals surface area contributed by atoms with Gasteiger partial charge in [-0.3, -0.25) is 9.59 Å². The van der Waals surface area contributed by atoms with Gasteiger partial charge in [0.15, 0.2) is 0 Å². The summed E-state index contributed by atoms with van der Waals surface area (Å²) in [5, 5.41) is 12.1. The summed E-state index contributed by atoms with van der Waals surface area (Å²) in [4.78, 5) is 24.7. The van der Waals surface area contributed by atoms with E-state index in [0.29, 0.717) is 12.1 Å². The number of hydrogen-bond acceptors (Lipinski definition) is 4. The van der Waals surface area contributed by atoms with Crippen LogP contribution in [0, 0.1) is 0 Å². The molecule has 0 spiro atoms. The van der Waals surface area contributed by atoms with Gasteiger partial charge in [-0.25, -0.2) is 0 Å². The van der Waals surface area contributed by atoms with Crippen molar-refractivity contribution < 1.29 is 45.8 Å². The number of carbonyl (C=O) groups excluding carboxylic acids is 2. The lowest BCUT2D eigenvalue weighted by Gasteiger charge is -2.35. The Labute approximate surface area is 147 Å². The lowest BCUT2D eigenvalue weighted by molar-refractivity contribution is -0.276. The summed E-state index contributed by atoms with van der Waals surface area (Å²) < 4.78 is 80.2. The Balaban J connectivity index is 1.97. The molecule has 0 bridgehead atoms. The Kier molecular flexibility index (Phi) is 4.49. The van der Waals surface area contributed by atoms with E-state index >= 15 is 0 Å². The molecular weight excluding hydrogens is 386 g/mol. The molecule has 3 rings (SSSR count). The van der Waals surface area contributed by atoms with E-state index < -0.39 is 53.5 Å². The fourth-order valence-electron chi connectivity index (χ4n) is 3.16. The highest BCUT2D eigenvalue weighted by atomic mass is 19.4. The first-order valence-corrected chi connectivity index (χ1v) is 7.65. The minimum atomic E-state index is -5.35. The number of rotatable bonds is 2. The molecule has 2 N–H and O–H groups in total. The molecule has 148 valence electrons. The van der Waals surface area contributed by atoms with Gasteiger partial charge in [0, 0.05) is 18.5 Å². The highest BCUT2D eigenvalue weighted by molar-refractivity contribution is 5.99. The van der Waals surface area contributed by atoms with E-state index in [9.17, 15) is 41.0 Å². The summed E-state index contributed by atoms with van der Waals surface area (Å²) in [6.07, 6.45) is -11.9. The first-order valence-electron chi connectivity index (χ1n) is 7.65. The van der Waals surface area contributed by atoms with Crippen LogP contribution in [-0.4, -0.2) is 40.5 Å². The van der Waals surface area contributed by atoms with E-state index in [1.807, 2.05) is 0 Å². The number of amides is 2. The smallest absolute Gasteiger partial charge is 0.405 e. The van der Waals surface area contributed by atoms with Crippen LogP contribution >= 0.6 is 0 Å². The van der Waals surface area contributed by atoms with Crippen LogP contribution in [0.1, 0.15) is 34.3 Å². The summed E-state index contributed by atoms with van der Waals surface area (Å²) in [6.45, 7) is -0.321. The predicted octanol–water partition coefficient (Wildman–Crippen LogP) is 2.16. The zero-order valence-electron chi connectivity index (χ0n) is 13.3. The van der Waals surface area contributed by atoms with Gasteiger partial charge in [-0.1, -0.05) is 0 Å². The molecule has 1 aromatic rings. The van der Waals surface area contributed by atoms with E-state index in [-0.39, 0.29) is 24.9 Å². The molecule has 6 nitrogen and oxygen atoms in total. The Bertz CT molecular complexity index is 792. The number of piperidine rings is 1. The second-order valence-electron chi connectivity index (χ2n) is 6.10. The molecule has 2 atom stereocenters. The largest absolute Gasteiger partial charge is 0.573 e. The predicted molar refractivity (Wildman–Crippen MR) is 75.2 cm³/mol. The monoisotopic (exact) mass is 398 g/mol. The quantitative estimate of drug-likeness (QED) is 0.749. The number of nitrogens with one attached hydrogen (secondary N) is 1. The average Bonchev–Trinajstić information content (AvgIpc) is 2.80. The van der Waals surface area contributed by atoms with Crippen LogP contribution in [-0.2, 0) is 17.5 Å². The van der Waals surface area contributed by atoms with Crippen molar-refractivity contribution in [1.82, 2.24) is 10.2 Å². The zero-order valence-corrected chi connectivity index (χ0v) is 13.3. The first kappa shape index (κ1) is 19.3. The SMILES string of the molecule is O=C1CCC(N2Cc3cc(OC(F)(F)F)c(C(F)(F)F)cc3C2=O)C(O)N1. The van der Waals surface area contributed by atoms with Crippen molar-refractivity contribution in [3.8, 4) is 5.75 Å². The van der Waals surface area contributed by atoms with Gasteiger partial charge in [-0.05, 0) is 24.1 Å². The van der Waals surface area contributed by atoms with Crippen molar-refractivity contribution in [3.63, 3.8) is 0 Å². The molecule has 0 saturated carbocycles. The molecule has 0 aliphatic carbocycles. The third-order valence-corrected chi connectivity index (χ3v) is 4.31. The van der Waals surface area contributed by atoms with Crippen LogP contribution in [0.2, 0.25) is 0 Å². The standard InChI is InChI=1S/C15H12F6N2O4/c16-14(17,18)8-4-7-6(3-10(8)27-15(19,20)21)5-23(13(7)26)9-1-2-11(24)22-12(9)25/h3-4,9,12,25H,1-2,5H2,(H,22,24). The second kappa shape index (κ2) is 6.29. The van der Waals surface area contributed by atoms with Gasteiger partial charge in [0.1, 0.15) is 12.0 Å². The number of fused-ring (bicyclic) bond motifs is 1. The number of ether oxygens (including phenoxy) is 1. The van der Waals surface area contributed by atoms with Gasteiger partial charge < -0.3 is 20.1 Å².